The minimum Gasteiger partial charge on any atom is -0.0622 e. The lowest BCUT2D eigenvalue weighted by molar-refractivity contribution is 1.60. The molecule has 2 heteroatoms. The average molecular weight is 451 g/mol. The van der Waals surface area contributed by atoms with E-state index in [4.69, 9.17) is 0 Å². The Bertz CT molecular complexity index is 920. The first-order valence-electron chi connectivity index (χ1n) is 8.14. The van der Waals surface area contributed by atoms with Crippen LogP contribution in [0.25, 0.3) is 32.0 Å². The van der Waals surface area contributed by atoms with Gasteiger partial charge in [-0.05, 0) is 70.1 Å². The van der Waals surface area contributed by atoms with E-state index in [1.807, 2.05) is 11.3 Å². The molecule has 0 radical (unpaired) electrons. The van der Waals surface area contributed by atoms with Crippen LogP contribution in [0, 0.1) is 3.57 Å². The molecule has 120 valence electrons. The van der Waals surface area contributed by atoms with E-state index in [2.05, 4.69) is 120 Å². The molecule has 0 aliphatic rings. The van der Waals surface area contributed by atoms with Gasteiger partial charge in [0.05, 0.1) is 0 Å². The van der Waals surface area contributed by atoms with E-state index >= 15 is 0 Å². The molecular formula is C23H16IS+. The summed E-state index contributed by atoms with van der Waals surface area (Å²) in [6, 6.07) is 34.6. The fraction of sp³-hybridized carbons (Fsp3) is 0. The maximum Gasteiger partial charge on any atom is 0.239 e. The minimum atomic E-state index is 1.25. The van der Waals surface area contributed by atoms with E-state index in [-0.39, 0.29) is 0 Å². The summed E-state index contributed by atoms with van der Waals surface area (Å²) in [7, 11) is 0. The predicted molar refractivity (Wildman–Crippen MR) is 118 cm³/mol. The van der Waals surface area contributed by atoms with Crippen LogP contribution in [0.2, 0.25) is 0 Å². The molecule has 0 amide bonds. The molecule has 0 aliphatic heterocycles. The van der Waals surface area contributed by atoms with Gasteiger partial charge in [0.15, 0.2) is 0 Å². The van der Waals surface area contributed by atoms with Crippen molar-refractivity contribution in [2.75, 3.05) is 0 Å². The second-order valence-electron chi connectivity index (χ2n) is 5.81. The van der Waals surface area contributed by atoms with Crippen LogP contribution in [-0.2, 0) is 0 Å². The van der Waals surface area contributed by atoms with Gasteiger partial charge in [0, 0.05) is 26.8 Å². The number of benzene rings is 3. The van der Waals surface area contributed by atoms with E-state index in [0.29, 0.717) is 0 Å². The fourth-order valence-corrected chi connectivity index (χ4v) is 4.28. The van der Waals surface area contributed by atoms with Crippen molar-refractivity contribution in [3.8, 4) is 32.0 Å². The largest absolute Gasteiger partial charge is 0.239 e. The lowest BCUT2D eigenvalue weighted by atomic mass is 10.0. The Hall–Kier alpha value is -2.04. The van der Waals surface area contributed by atoms with Crippen molar-refractivity contribution >= 4 is 33.9 Å². The van der Waals surface area contributed by atoms with Gasteiger partial charge >= 0.3 is 0 Å². The van der Waals surface area contributed by atoms with Crippen LogP contribution in [-0.4, -0.2) is 0 Å². The zero-order valence-electron chi connectivity index (χ0n) is 13.5. The molecule has 0 aliphatic carbocycles. The van der Waals surface area contributed by atoms with Crippen LogP contribution in [0.1, 0.15) is 0 Å². The summed E-state index contributed by atoms with van der Waals surface area (Å²) in [4.78, 5) is 2.58. The lowest BCUT2D eigenvalue weighted by Crippen LogP contribution is -1.83. The van der Waals surface area contributed by atoms with Gasteiger partial charge in [0.2, 0.25) is 21.1 Å². The third-order valence-corrected chi connectivity index (χ3v) is 5.95. The smallest absolute Gasteiger partial charge is 0.0622 e. The molecular weight excluding hydrogens is 435 g/mol. The molecule has 4 rings (SSSR count). The van der Waals surface area contributed by atoms with Crippen LogP contribution in [0.5, 0.6) is 0 Å². The molecule has 0 saturated heterocycles. The highest BCUT2D eigenvalue weighted by atomic mass is 127. The number of hydrogen-bond donors (Lipinski definition) is 0. The molecule has 0 unspecified atom stereocenters. The number of halogens is 1. The van der Waals surface area contributed by atoms with Crippen molar-refractivity contribution in [2.24, 2.45) is 0 Å². The van der Waals surface area contributed by atoms with Crippen LogP contribution >= 0.6 is 33.9 Å². The lowest BCUT2D eigenvalue weighted by Gasteiger charge is -2.03. The molecule has 4 aromatic rings. The Morgan fingerprint density at radius 1 is 0.480 bits per heavy atom. The van der Waals surface area contributed by atoms with Crippen molar-refractivity contribution in [3.05, 3.63) is 101 Å². The summed E-state index contributed by atoms with van der Waals surface area (Å²) in [5, 5.41) is 0. The number of hydrogen-bond acceptors (Lipinski definition) is 0. The normalized spacial score (nSPS) is 10.6. The summed E-state index contributed by atoms with van der Waals surface area (Å²) < 4.78 is 1.26. The topological polar surface area (TPSA) is 0 Å². The Balaban J connectivity index is 1.90. The van der Waals surface area contributed by atoms with Crippen molar-refractivity contribution < 1.29 is 0 Å². The number of rotatable bonds is 3. The molecule has 0 fully saturated rings. The fourth-order valence-electron chi connectivity index (χ4n) is 2.80. The molecule has 3 aromatic carbocycles. The van der Waals surface area contributed by atoms with E-state index in [1.165, 1.54) is 35.6 Å². The highest BCUT2D eigenvalue weighted by molar-refractivity contribution is 14.1. The molecule has 1 heterocycles. The first-order chi connectivity index (χ1) is 12.3. The van der Waals surface area contributed by atoms with Gasteiger partial charge in [-0.15, -0.1) is 0 Å². The predicted octanol–water partition coefficient (Wildman–Crippen LogP) is 7.63. The van der Waals surface area contributed by atoms with Gasteiger partial charge in [0.25, 0.3) is 0 Å². The quantitative estimate of drug-likeness (QED) is 0.222. The summed E-state index contributed by atoms with van der Waals surface area (Å²) >= 11 is 4.19. The molecule has 0 saturated carbocycles. The molecule has 1 aromatic heterocycles. The molecule has 25 heavy (non-hydrogen) atoms. The van der Waals surface area contributed by atoms with Crippen LogP contribution < -0.4 is 0 Å². The van der Waals surface area contributed by atoms with Gasteiger partial charge in [-0.3, -0.25) is 0 Å². The minimum absolute atomic E-state index is 1.25. The zero-order valence-corrected chi connectivity index (χ0v) is 16.5. The first kappa shape index (κ1) is 16.4. The van der Waals surface area contributed by atoms with Crippen molar-refractivity contribution in [3.63, 3.8) is 0 Å². The highest BCUT2D eigenvalue weighted by Gasteiger charge is 2.18. The zero-order chi connectivity index (χ0) is 17.1. The highest BCUT2D eigenvalue weighted by Crippen LogP contribution is 2.37. The first-order valence-corrected chi connectivity index (χ1v) is 10.0. The van der Waals surface area contributed by atoms with E-state index < -0.39 is 0 Å². The monoisotopic (exact) mass is 451 g/mol. The van der Waals surface area contributed by atoms with Gasteiger partial charge in [-0.2, -0.15) is 0 Å². The molecule has 0 spiro atoms. The van der Waals surface area contributed by atoms with Gasteiger partial charge in [-0.1, -0.05) is 48.5 Å². The van der Waals surface area contributed by atoms with E-state index in [0.717, 1.165) is 0 Å². The average Bonchev–Trinajstić information content (AvgIpc) is 2.69. The van der Waals surface area contributed by atoms with Crippen molar-refractivity contribution in [2.45, 2.75) is 0 Å². The molecule has 0 nitrogen and oxygen atoms in total. The third kappa shape index (κ3) is 3.80. The second-order valence-corrected chi connectivity index (χ2v) is 8.14. The van der Waals surface area contributed by atoms with Crippen molar-refractivity contribution in [1.29, 1.82) is 0 Å². The molecule has 0 N–H and O–H groups in total. The summed E-state index contributed by atoms with van der Waals surface area (Å²) in [5.74, 6) is 0. The molecule has 0 bridgehead atoms. The van der Waals surface area contributed by atoms with E-state index in [1.54, 1.807) is 0 Å². The van der Waals surface area contributed by atoms with Crippen molar-refractivity contribution in [1.82, 2.24) is 0 Å². The Kier molecular flexibility index (Phi) is 4.90. The molecule has 0 atom stereocenters. The van der Waals surface area contributed by atoms with Crippen LogP contribution in [0.3, 0.4) is 0 Å². The Morgan fingerprint density at radius 3 is 1.44 bits per heavy atom. The van der Waals surface area contributed by atoms with Gasteiger partial charge in [-0.25, -0.2) is 0 Å². The van der Waals surface area contributed by atoms with Crippen LogP contribution in [0.4, 0.5) is 0 Å². The third-order valence-electron chi connectivity index (χ3n) is 4.09. The summed E-state index contributed by atoms with van der Waals surface area (Å²) in [6.07, 6.45) is 0. The van der Waals surface area contributed by atoms with Crippen LogP contribution in [0.15, 0.2) is 97.1 Å². The summed E-state index contributed by atoms with van der Waals surface area (Å²) in [5.41, 5.74) is 5.03. The summed E-state index contributed by atoms with van der Waals surface area (Å²) in [6.45, 7) is 0. The Labute approximate surface area is 166 Å². The maximum absolute atomic E-state index is 2.35. The van der Waals surface area contributed by atoms with E-state index in [9.17, 15) is 0 Å². The Morgan fingerprint density at radius 2 is 0.960 bits per heavy atom. The maximum atomic E-state index is 2.35. The second kappa shape index (κ2) is 7.46. The van der Waals surface area contributed by atoms with Gasteiger partial charge < -0.3 is 0 Å². The van der Waals surface area contributed by atoms with Gasteiger partial charge in [0.1, 0.15) is 0 Å². The SMILES string of the molecule is Ic1ccc(-c2cc(-c3ccccc3)[s+]c(-c3ccccc3)c2)cc1. The standard InChI is InChI=1S/C23H16IS/c24-21-13-11-17(12-14-21)20-15-22(18-7-3-1-4-8-18)25-23(16-20)19-9-5-2-6-10-19/h1-16H/q+1.